The second kappa shape index (κ2) is 7.38. The van der Waals surface area contributed by atoms with Crippen LogP contribution in [0.3, 0.4) is 0 Å². The standard InChI is InChI=1S/C18H21NO2S/c1-14-12-16(3)19(15(2)8-7-9-17(14)13-20)22(21)18-10-5-4-6-11-18/h4-12,14,20H,2,13H2,1,3H3/b8-7-,16-12-,17-9-. The van der Waals surface area contributed by atoms with Crippen molar-refractivity contribution in [2.75, 3.05) is 6.61 Å². The van der Waals surface area contributed by atoms with Gasteiger partial charge >= 0.3 is 0 Å². The SMILES string of the molecule is C=C1/C=C\C=C(\CO)C(C)/C=C(/C)N1S(=O)c1ccccc1. The number of aliphatic hydroxyl groups excluding tert-OH is 1. The molecule has 0 aromatic heterocycles. The Morgan fingerprint density at radius 1 is 1.32 bits per heavy atom. The normalized spacial score (nSPS) is 26.8. The number of aliphatic hydroxyl groups is 1. The van der Waals surface area contributed by atoms with Crippen molar-refractivity contribution in [2.45, 2.75) is 18.7 Å². The molecule has 0 radical (unpaired) electrons. The van der Waals surface area contributed by atoms with Crippen LogP contribution in [0.1, 0.15) is 13.8 Å². The van der Waals surface area contributed by atoms with E-state index in [1.165, 1.54) is 0 Å². The van der Waals surface area contributed by atoms with Crippen molar-refractivity contribution in [3.05, 3.63) is 78.2 Å². The molecule has 3 nitrogen and oxygen atoms in total. The summed E-state index contributed by atoms with van der Waals surface area (Å²) in [5, 5.41) is 9.45. The molecule has 0 spiro atoms. The first kappa shape index (κ1) is 16.5. The number of hydrogen-bond donors (Lipinski definition) is 1. The monoisotopic (exact) mass is 315 g/mol. The summed E-state index contributed by atoms with van der Waals surface area (Å²) in [4.78, 5) is 0.729. The molecule has 4 heteroatoms. The van der Waals surface area contributed by atoms with Crippen LogP contribution in [0.25, 0.3) is 0 Å². The fourth-order valence-corrected chi connectivity index (χ4v) is 3.54. The molecule has 1 aromatic rings. The molecule has 2 atom stereocenters. The molecule has 0 saturated carbocycles. The summed E-state index contributed by atoms with van der Waals surface area (Å²) < 4.78 is 14.6. The first-order chi connectivity index (χ1) is 10.5. The topological polar surface area (TPSA) is 40.5 Å². The van der Waals surface area contributed by atoms with Gasteiger partial charge in [0.25, 0.3) is 0 Å². The minimum atomic E-state index is -1.36. The zero-order chi connectivity index (χ0) is 16.1. The second-order valence-electron chi connectivity index (χ2n) is 5.20. The fraction of sp³-hybridized carbons (Fsp3) is 0.222. The molecule has 1 heterocycles. The lowest BCUT2D eigenvalue weighted by atomic mass is 10.0. The molecule has 0 saturated heterocycles. The van der Waals surface area contributed by atoms with Crippen LogP contribution in [0.2, 0.25) is 0 Å². The van der Waals surface area contributed by atoms with E-state index in [1.54, 1.807) is 4.31 Å². The Labute approximate surface area is 134 Å². The Hall–Kier alpha value is -1.91. The highest BCUT2D eigenvalue weighted by Gasteiger charge is 2.19. The molecular weight excluding hydrogens is 294 g/mol. The van der Waals surface area contributed by atoms with Crippen molar-refractivity contribution in [1.82, 2.24) is 4.31 Å². The Kier molecular flexibility index (Phi) is 5.52. The highest BCUT2D eigenvalue weighted by molar-refractivity contribution is 7.83. The van der Waals surface area contributed by atoms with Crippen molar-refractivity contribution in [1.29, 1.82) is 0 Å². The van der Waals surface area contributed by atoms with Gasteiger partial charge in [0.15, 0.2) is 11.0 Å². The fourth-order valence-electron chi connectivity index (χ4n) is 2.34. The van der Waals surface area contributed by atoms with E-state index in [4.69, 9.17) is 0 Å². The third kappa shape index (κ3) is 3.64. The summed E-state index contributed by atoms with van der Waals surface area (Å²) in [6.45, 7) is 7.95. The van der Waals surface area contributed by atoms with E-state index in [0.29, 0.717) is 5.70 Å². The lowest BCUT2D eigenvalue weighted by Crippen LogP contribution is -2.23. The van der Waals surface area contributed by atoms with E-state index in [2.05, 4.69) is 6.58 Å². The zero-order valence-corrected chi connectivity index (χ0v) is 13.7. The van der Waals surface area contributed by atoms with Crippen molar-refractivity contribution in [3.8, 4) is 0 Å². The van der Waals surface area contributed by atoms with Gasteiger partial charge in [0.2, 0.25) is 0 Å². The van der Waals surface area contributed by atoms with Crippen molar-refractivity contribution < 1.29 is 9.32 Å². The van der Waals surface area contributed by atoms with Crippen LogP contribution in [0.4, 0.5) is 0 Å². The maximum atomic E-state index is 12.9. The predicted octanol–water partition coefficient (Wildman–Crippen LogP) is 3.55. The van der Waals surface area contributed by atoms with Gasteiger partial charge in [-0.25, -0.2) is 4.21 Å². The van der Waals surface area contributed by atoms with Gasteiger partial charge in [0, 0.05) is 11.4 Å². The summed E-state index contributed by atoms with van der Waals surface area (Å²) in [5.41, 5.74) is 2.42. The van der Waals surface area contributed by atoms with Crippen LogP contribution < -0.4 is 0 Å². The second-order valence-corrected chi connectivity index (χ2v) is 6.54. The van der Waals surface area contributed by atoms with Gasteiger partial charge in [0.1, 0.15) is 0 Å². The molecule has 0 fully saturated rings. The summed E-state index contributed by atoms with van der Waals surface area (Å²) in [6, 6.07) is 9.32. The molecule has 116 valence electrons. The first-order valence-corrected chi connectivity index (χ1v) is 8.27. The zero-order valence-electron chi connectivity index (χ0n) is 12.9. The number of rotatable bonds is 3. The number of hydrogen-bond acceptors (Lipinski definition) is 2. The van der Waals surface area contributed by atoms with E-state index in [-0.39, 0.29) is 12.5 Å². The molecule has 2 unspecified atom stereocenters. The van der Waals surface area contributed by atoms with Crippen LogP contribution >= 0.6 is 0 Å². The third-order valence-corrected chi connectivity index (χ3v) is 5.08. The highest BCUT2D eigenvalue weighted by atomic mass is 32.2. The van der Waals surface area contributed by atoms with Crippen LogP contribution in [-0.2, 0) is 11.0 Å². The lowest BCUT2D eigenvalue weighted by Gasteiger charge is -2.25. The summed E-state index contributed by atoms with van der Waals surface area (Å²) in [7, 11) is -1.36. The van der Waals surface area contributed by atoms with E-state index >= 15 is 0 Å². The Morgan fingerprint density at radius 3 is 2.64 bits per heavy atom. The van der Waals surface area contributed by atoms with Crippen LogP contribution in [0, 0.1) is 5.92 Å². The Morgan fingerprint density at radius 2 is 2.00 bits per heavy atom. The lowest BCUT2D eigenvalue weighted by molar-refractivity contribution is 0.321. The highest BCUT2D eigenvalue weighted by Crippen LogP contribution is 2.25. The number of allylic oxidation sites excluding steroid dienone is 5. The third-order valence-electron chi connectivity index (χ3n) is 3.55. The Balaban J connectivity index is 2.42. The van der Waals surface area contributed by atoms with Crippen molar-refractivity contribution >= 4 is 11.0 Å². The molecule has 1 N–H and O–H groups in total. The minimum absolute atomic E-state index is 0.00351. The molecule has 22 heavy (non-hydrogen) atoms. The molecule has 2 rings (SSSR count). The van der Waals surface area contributed by atoms with Gasteiger partial charge in [-0.3, -0.25) is 4.31 Å². The average Bonchev–Trinajstić information content (AvgIpc) is 2.56. The van der Waals surface area contributed by atoms with Gasteiger partial charge in [-0.15, -0.1) is 0 Å². The van der Waals surface area contributed by atoms with Gasteiger partial charge in [-0.1, -0.05) is 49.9 Å². The van der Waals surface area contributed by atoms with E-state index in [1.807, 2.05) is 68.5 Å². The molecule has 0 amide bonds. The van der Waals surface area contributed by atoms with Crippen LogP contribution in [0.15, 0.2) is 83.1 Å². The summed E-state index contributed by atoms with van der Waals surface area (Å²) in [6.07, 6.45) is 7.54. The van der Waals surface area contributed by atoms with Gasteiger partial charge in [0.05, 0.1) is 11.5 Å². The minimum Gasteiger partial charge on any atom is -0.392 e. The van der Waals surface area contributed by atoms with E-state index in [9.17, 15) is 9.32 Å². The van der Waals surface area contributed by atoms with E-state index < -0.39 is 11.0 Å². The maximum Gasteiger partial charge on any atom is 0.157 e. The smallest absolute Gasteiger partial charge is 0.157 e. The average molecular weight is 315 g/mol. The largest absolute Gasteiger partial charge is 0.392 e. The summed E-state index contributed by atoms with van der Waals surface area (Å²) in [5.74, 6) is 0.0656. The Bertz CT molecular complexity index is 659. The number of nitrogens with zero attached hydrogens (tertiary/aromatic N) is 1. The molecular formula is C18H21NO2S. The number of benzene rings is 1. The molecule has 1 aliphatic heterocycles. The van der Waals surface area contributed by atoms with Gasteiger partial charge in [-0.2, -0.15) is 0 Å². The summed E-state index contributed by atoms with van der Waals surface area (Å²) >= 11 is 0. The quantitative estimate of drug-likeness (QED) is 0.926. The van der Waals surface area contributed by atoms with Crippen LogP contribution in [0.5, 0.6) is 0 Å². The first-order valence-electron chi connectivity index (χ1n) is 7.17. The van der Waals surface area contributed by atoms with Crippen LogP contribution in [-0.4, -0.2) is 20.2 Å². The van der Waals surface area contributed by atoms with Gasteiger partial charge < -0.3 is 5.11 Å². The maximum absolute atomic E-state index is 12.9. The molecule has 0 bridgehead atoms. The van der Waals surface area contributed by atoms with Crippen molar-refractivity contribution in [2.24, 2.45) is 5.92 Å². The van der Waals surface area contributed by atoms with Crippen molar-refractivity contribution in [3.63, 3.8) is 0 Å². The van der Waals surface area contributed by atoms with E-state index in [0.717, 1.165) is 16.2 Å². The molecule has 1 aromatic carbocycles. The predicted molar refractivity (Wildman–Crippen MR) is 91.1 cm³/mol. The molecule has 0 aliphatic carbocycles. The van der Waals surface area contributed by atoms with Gasteiger partial charge in [-0.05, 0) is 36.6 Å². The molecule has 1 aliphatic rings.